The molecule has 3 unspecified atom stereocenters. The highest BCUT2D eigenvalue weighted by Gasteiger charge is 2.28. The summed E-state index contributed by atoms with van der Waals surface area (Å²) in [5.41, 5.74) is 6.09. The molecule has 0 aliphatic carbocycles. The summed E-state index contributed by atoms with van der Waals surface area (Å²) in [7, 11) is 3.88. The third-order valence-electron chi connectivity index (χ3n) is 3.35. The molecular formula is C12H26N2O2. The molecule has 1 heterocycles. The first-order valence-electron chi connectivity index (χ1n) is 6.21. The monoisotopic (exact) mass is 230 g/mol. The summed E-state index contributed by atoms with van der Waals surface area (Å²) >= 11 is 0. The summed E-state index contributed by atoms with van der Waals surface area (Å²) in [5, 5.41) is 0. The second-order valence-electron chi connectivity index (χ2n) is 4.77. The molecule has 0 amide bonds. The molecule has 0 bridgehead atoms. The minimum atomic E-state index is 0.243. The van der Waals surface area contributed by atoms with Crippen molar-refractivity contribution in [2.75, 3.05) is 33.9 Å². The van der Waals surface area contributed by atoms with Gasteiger partial charge in [0.2, 0.25) is 0 Å². The summed E-state index contributed by atoms with van der Waals surface area (Å²) in [5.74, 6) is 0. The van der Waals surface area contributed by atoms with E-state index < -0.39 is 0 Å². The van der Waals surface area contributed by atoms with Crippen LogP contribution in [0.2, 0.25) is 0 Å². The van der Waals surface area contributed by atoms with Gasteiger partial charge in [-0.2, -0.15) is 0 Å². The highest BCUT2D eigenvalue weighted by Crippen LogP contribution is 2.18. The SMILES string of the molecule is COCCCC(N)CN(C)C1CCOC1C. The molecule has 1 fully saturated rings. The molecule has 1 aliphatic heterocycles. The van der Waals surface area contributed by atoms with Crippen LogP contribution in [0.3, 0.4) is 0 Å². The Morgan fingerprint density at radius 3 is 2.88 bits per heavy atom. The Balaban J connectivity index is 2.19. The zero-order chi connectivity index (χ0) is 12.0. The van der Waals surface area contributed by atoms with Crippen LogP contribution in [-0.2, 0) is 9.47 Å². The van der Waals surface area contributed by atoms with Crippen LogP contribution in [0, 0.1) is 0 Å². The molecule has 0 aromatic rings. The molecule has 0 spiro atoms. The number of likely N-dealkylation sites (N-methyl/N-ethyl adjacent to an activating group) is 1. The highest BCUT2D eigenvalue weighted by molar-refractivity contribution is 4.82. The number of hydrogen-bond donors (Lipinski definition) is 1. The smallest absolute Gasteiger partial charge is 0.0702 e. The van der Waals surface area contributed by atoms with Crippen LogP contribution < -0.4 is 5.73 Å². The third-order valence-corrected chi connectivity index (χ3v) is 3.35. The van der Waals surface area contributed by atoms with E-state index in [-0.39, 0.29) is 6.04 Å². The number of rotatable bonds is 7. The molecule has 2 N–H and O–H groups in total. The van der Waals surface area contributed by atoms with Crippen LogP contribution in [0.1, 0.15) is 26.2 Å². The van der Waals surface area contributed by atoms with Crippen molar-refractivity contribution in [1.29, 1.82) is 0 Å². The number of ether oxygens (including phenoxy) is 2. The van der Waals surface area contributed by atoms with Gasteiger partial charge in [-0.1, -0.05) is 0 Å². The summed E-state index contributed by atoms with van der Waals surface area (Å²) in [6.07, 6.45) is 3.54. The van der Waals surface area contributed by atoms with Gasteiger partial charge in [-0.05, 0) is 33.2 Å². The topological polar surface area (TPSA) is 47.7 Å². The van der Waals surface area contributed by atoms with Gasteiger partial charge < -0.3 is 15.2 Å². The van der Waals surface area contributed by atoms with Crippen molar-refractivity contribution in [3.63, 3.8) is 0 Å². The standard InChI is InChI=1S/C12H26N2O2/c1-10-12(6-8-16-10)14(2)9-11(13)5-4-7-15-3/h10-12H,4-9,13H2,1-3H3. The molecule has 1 aliphatic rings. The van der Waals surface area contributed by atoms with Crippen molar-refractivity contribution in [3.8, 4) is 0 Å². The summed E-state index contributed by atoms with van der Waals surface area (Å²) in [4.78, 5) is 2.34. The first-order chi connectivity index (χ1) is 7.65. The Kier molecular flexibility index (Phi) is 6.28. The van der Waals surface area contributed by atoms with E-state index in [1.54, 1.807) is 7.11 Å². The van der Waals surface area contributed by atoms with E-state index in [2.05, 4.69) is 18.9 Å². The maximum atomic E-state index is 6.09. The average Bonchev–Trinajstić information content (AvgIpc) is 2.65. The normalized spacial score (nSPS) is 27.6. The van der Waals surface area contributed by atoms with Gasteiger partial charge in [-0.15, -0.1) is 0 Å². The lowest BCUT2D eigenvalue weighted by Gasteiger charge is -2.29. The van der Waals surface area contributed by atoms with Crippen LogP contribution in [0.5, 0.6) is 0 Å². The van der Waals surface area contributed by atoms with E-state index in [1.807, 2.05) is 0 Å². The van der Waals surface area contributed by atoms with Crippen LogP contribution >= 0.6 is 0 Å². The molecule has 0 radical (unpaired) electrons. The Labute approximate surface area is 99.1 Å². The summed E-state index contributed by atoms with van der Waals surface area (Å²) in [6, 6.07) is 0.779. The quantitative estimate of drug-likeness (QED) is 0.659. The lowest BCUT2D eigenvalue weighted by atomic mass is 10.1. The highest BCUT2D eigenvalue weighted by atomic mass is 16.5. The summed E-state index contributed by atoms with van der Waals surface area (Å²) < 4.78 is 10.6. The van der Waals surface area contributed by atoms with Gasteiger partial charge in [-0.25, -0.2) is 0 Å². The van der Waals surface area contributed by atoms with Crippen LogP contribution in [0.15, 0.2) is 0 Å². The maximum absolute atomic E-state index is 6.09. The molecule has 0 aromatic carbocycles. The minimum absolute atomic E-state index is 0.243. The van der Waals surface area contributed by atoms with Crippen molar-refractivity contribution in [2.45, 2.75) is 44.4 Å². The van der Waals surface area contributed by atoms with Crippen LogP contribution in [0.25, 0.3) is 0 Å². The molecule has 0 saturated carbocycles. The lowest BCUT2D eigenvalue weighted by Crippen LogP contribution is -2.43. The molecule has 1 rings (SSSR count). The van der Waals surface area contributed by atoms with Gasteiger partial charge in [0.05, 0.1) is 6.10 Å². The largest absolute Gasteiger partial charge is 0.385 e. The molecule has 96 valence electrons. The number of hydrogen-bond acceptors (Lipinski definition) is 4. The first kappa shape index (κ1) is 13.9. The predicted octanol–water partition coefficient (Wildman–Crippen LogP) is 0.850. The summed E-state index contributed by atoms with van der Waals surface area (Å²) in [6.45, 7) is 4.78. The average molecular weight is 230 g/mol. The third kappa shape index (κ3) is 4.37. The fourth-order valence-electron chi connectivity index (χ4n) is 2.39. The Hall–Kier alpha value is -0.160. The van der Waals surface area contributed by atoms with Crippen molar-refractivity contribution in [2.24, 2.45) is 5.73 Å². The predicted molar refractivity (Wildman–Crippen MR) is 65.5 cm³/mol. The van der Waals surface area contributed by atoms with Gasteiger partial charge in [0, 0.05) is 39.0 Å². The Bertz CT molecular complexity index is 190. The molecule has 1 saturated heterocycles. The van der Waals surface area contributed by atoms with Gasteiger partial charge in [-0.3, -0.25) is 4.90 Å². The second-order valence-corrected chi connectivity index (χ2v) is 4.77. The fraction of sp³-hybridized carbons (Fsp3) is 1.00. The maximum Gasteiger partial charge on any atom is 0.0702 e. The number of methoxy groups -OCH3 is 1. The molecule has 4 heteroatoms. The van der Waals surface area contributed by atoms with Crippen molar-refractivity contribution < 1.29 is 9.47 Å². The molecule has 0 aromatic heterocycles. The molecular weight excluding hydrogens is 204 g/mol. The van der Waals surface area contributed by atoms with Gasteiger partial charge >= 0.3 is 0 Å². The van der Waals surface area contributed by atoms with E-state index in [0.717, 1.165) is 39.0 Å². The van der Waals surface area contributed by atoms with Crippen molar-refractivity contribution >= 4 is 0 Å². The molecule has 16 heavy (non-hydrogen) atoms. The Morgan fingerprint density at radius 1 is 1.56 bits per heavy atom. The van der Waals surface area contributed by atoms with Crippen molar-refractivity contribution in [3.05, 3.63) is 0 Å². The second kappa shape index (κ2) is 7.22. The lowest BCUT2D eigenvalue weighted by molar-refractivity contribution is 0.0810. The van der Waals surface area contributed by atoms with Gasteiger partial charge in [0.25, 0.3) is 0 Å². The number of nitrogens with zero attached hydrogens (tertiary/aromatic N) is 1. The number of nitrogens with two attached hydrogens (primary N) is 1. The fourth-order valence-corrected chi connectivity index (χ4v) is 2.39. The van der Waals surface area contributed by atoms with Gasteiger partial charge in [0.15, 0.2) is 0 Å². The van der Waals surface area contributed by atoms with E-state index in [0.29, 0.717) is 12.1 Å². The van der Waals surface area contributed by atoms with Crippen LogP contribution in [-0.4, -0.2) is 57.0 Å². The van der Waals surface area contributed by atoms with Crippen LogP contribution in [0.4, 0.5) is 0 Å². The van der Waals surface area contributed by atoms with E-state index in [1.165, 1.54) is 0 Å². The van der Waals surface area contributed by atoms with Crippen molar-refractivity contribution in [1.82, 2.24) is 4.90 Å². The zero-order valence-electron chi connectivity index (χ0n) is 10.8. The van der Waals surface area contributed by atoms with E-state index in [4.69, 9.17) is 15.2 Å². The first-order valence-corrected chi connectivity index (χ1v) is 6.21. The molecule has 4 nitrogen and oxygen atoms in total. The van der Waals surface area contributed by atoms with E-state index in [9.17, 15) is 0 Å². The zero-order valence-corrected chi connectivity index (χ0v) is 10.8. The molecule has 3 atom stereocenters. The van der Waals surface area contributed by atoms with E-state index >= 15 is 0 Å². The Morgan fingerprint density at radius 2 is 2.31 bits per heavy atom. The van der Waals surface area contributed by atoms with Gasteiger partial charge in [0.1, 0.15) is 0 Å². The minimum Gasteiger partial charge on any atom is -0.385 e.